The Morgan fingerprint density at radius 3 is 2.19 bits per heavy atom. The Balaban J connectivity index is 2.00. The third kappa shape index (κ3) is 3.75. The van der Waals surface area contributed by atoms with Crippen LogP contribution in [-0.2, 0) is 27.0 Å². The van der Waals surface area contributed by atoms with Crippen LogP contribution in [0.25, 0.3) is 0 Å². The molecule has 1 aliphatic rings. The molecule has 0 heterocycles. The van der Waals surface area contributed by atoms with Gasteiger partial charge in [-0.15, -0.1) is 0 Å². The number of carbonyl (C=O) groups is 2. The van der Waals surface area contributed by atoms with E-state index >= 15 is 0 Å². The van der Waals surface area contributed by atoms with Gasteiger partial charge in [-0.25, -0.2) is 0 Å². The molecule has 2 N–H and O–H groups in total. The lowest BCUT2D eigenvalue weighted by atomic mass is 9.75. The summed E-state index contributed by atoms with van der Waals surface area (Å²) in [6.45, 7) is 10.5. The summed E-state index contributed by atoms with van der Waals surface area (Å²) < 4.78 is 0. The van der Waals surface area contributed by atoms with Gasteiger partial charge in [0.05, 0.1) is 0 Å². The molecule has 0 saturated heterocycles. The summed E-state index contributed by atoms with van der Waals surface area (Å²) in [6, 6.07) is 14.7. The Hall–Kier alpha value is -2.62. The van der Waals surface area contributed by atoms with E-state index < -0.39 is 0 Å². The highest BCUT2D eigenvalue weighted by atomic mass is 16.2. The van der Waals surface area contributed by atoms with Gasteiger partial charge in [0.2, 0.25) is 11.8 Å². The maximum absolute atomic E-state index is 11.3. The van der Waals surface area contributed by atoms with E-state index in [1.165, 1.54) is 30.5 Å². The van der Waals surface area contributed by atoms with E-state index in [-0.39, 0.29) is 22.6 Å². The fourth-order valence-corrected chi connectivity index (χ4v) is 4.43. The lowest BCUT2D eigenvalue weighted by Gasteiger charge is -2.29. The van der Waals surface area contributed by atoms with E-state index in [0.29, 0.717) is 6.54 Å². The SMILES string of the molecule is CC(=O)NCc1ccc2c(c1)C(C)(c1ccc(NC(C)=O)cc1)CC2(C)C. The van der Waals surface area contributed by atoms with Gasteiger partial charge in [0, 0.05) is 31.5 Å². The van der Waals surface area contributed by atoms with Crippen LogP contribution in [0.5, 0.6) is 0 Å². The van der Waals surface area contributed by atoms with Gasteiger partial charge in [0.1, 0.15) is 0 Å². The number of amides is 2. The first-order valence-electron chi connectivity index (χ1n) is 9.38. The zero-order chi connectivity index (χ0) is 19.8. The predicted octanol–water partition coefficient (Wildman–Crippen LogP) is 4.27. The van der Waals surface area contributed by atoms with E-state index in [0.717, 1.165) is 17.7 Å². The molecular weight excluding hydrogens is 336 g/mol. The molecule has 1 aliphatic carbocycles. The van der Waals surface area contributed by atoms with Crippen LogP contribution in [0, 0.1) is 0 Å². The molecule has 4 nitrogen and oxygen atoms in total. The number of fused-ring (bicyclic) bond motifs is 1. The average Bonchev–Trinajstić information content (AvgIpc) is 2.80. The zero-order valence-corrected chi connectivity index (χ0v) is 16.8. The summed E-state index contributed by atoms with van der Waals surface area (Å²) in [4.78, 5) is 22.5. The van der Waals surface area contributed by atoms with Crippen molar-refractivity contribution in [2.45, 2.75) is 58.4 Å². The predicted molar refractivity (Wildman–Crippen MR) is 109 cm³/mol. The molecule has 2 aromatic carbocycles. The van der Waals surface area contributed by atoms with Gasteiger partial charge in [-0.05, 0) is 46.2 Å². The first-order chi connectivity index (χ1) is 12.6. The molecule has 0 bridgehead atoms. The fraction of sp³-hybridized carbons (Fsp3) is 0.391. The number of hydrogen-bond acceptors (Lipinski definition) is 2. The normalized spacial score (nSPS) is 20.0. The van der Waals surface area contributed by atoms with Crippen molar-refractivity contribution < 1.29 is 9.59 Å². The van der Waals surface area contributed by atoms with Crippen LogP contribution in [0.1, 0.15) is 63.3 Å². The minimum Gasteiger partial charge on any atom is -0.352 e. The summed E-state index contributed by atoms with van der Waals surface area (Å²) in [6.07, 6.45) is 1.01. The Morgan fingerprint density at radius 1 is 0.926 bits per heavy atom. The zero-order valence-electron chi connectivity index (χ0n) is 16.8. The maximum Gasteiger partial charge on any atom is 0.221 e. The highest BCUT2D eigenvalue weighted by molar-refractivity contribution is 5.88. The Kier molecular flexibility index (Phi) is 4.85. The van der Waals surface area contributed by atoms with E-state index in [9.17, 15) is 9.59 Å². The standard InChI is InChI=1S/C23H28N2O2/c1-15(26)24-13-17-6-11-20-21(12-17)23(5,14-22(20,3)4)18-7-9-19(10-8-18)25-16(2)27/h6-12H,13-14H2,1-5H3,(H,24,26)(H,25,27). The van der Waals surface area contributed by atoms with Crippen molar-refractivity contribution in [3.8, 4) is 0 Å². The van der Waals surface area contributed by atoms with Gasteiger partial charge in [0.25, 0.3) is 0 Å². The average molecular weight is 364 g/mol. The van der Waals surface area contributed by atoms with Crippen LogP contribution in [-0.4, -0.2) is 11.8 Å². The quantitative estimate of drug-likeness (QED) is 0.851. The van der Waals surface area contributed by atoms with Gasteiger partial charge < -0.3 is 10.6 Å². The third-order valence-electron chi connectivity index (χ3n) is 5.59. The molecule has 0 aliphatic heterocycles. The lowest BCUT2D eigenvalue weighted by molar-refractivity contribution is -0.119. The molecule has 1 unspecified atom stereocenters. The molecule has 2 aromatic rings. The molecule has 0 saturated carbocycles. The second-order valence-corrected chi connectivity index (χ2v) is 8.44. The topological polar surface area (TPSA) is 58.2 Å². The fourth-order valence-electron chi connectivity index (χ4n) is 4.43. The van der Waals surface area contributed by atoms with Gasteiger partial charge in [-0.3, -0.25) is 9.59 Å². The first-order valence-corrected chi connectivity index (χ1v) is 9.38. The molecule has 3 rings (SSSR count). The van der Waals surface area contributed by atoms with E-state index in [1.807, 2.05) is 12.1 Å². The van der Waals surface area contributed by atoms with Crippen molar-refractivity contribution in [2.75, 3.05) is 5.32 Å². The summed E-state index contributed by atoms with van der Waals surface area (Å²) in [5.41, 5.74) is 5.81. The van der Waals surface area contributed by atoms with Gasteiger partial charge >= 0.3 is 0 Å². The number of benzene rings is 2. The van der Waals surface area contributed by atoms with Crippen molar-refractivity contribution in [1.29, 1.82) is 0 Å². The minimum atomic E-state index is -0.111. The molecule has 0 radical (unpaired) electrons. The number of carbonyl (C=O) groups excluding carboxylic acids is 2. The van der Waals surface area contributed by atoms with Crippen molar-refractivity contribution in [2.24, 2.45) is 0 Å². The maximum atomic E-state index is 11.3. The summed E-state index contributed by atoms with van der Waals surface area (Å²) in [7, 11) is 0. The summed E-state index contributed by atoms with van der Waals surface area (Å²) in [5.74, 6) is -0.0870. The van der Waals surface area contributed by atoms with E-state index in [4.69, 9.17) is 0 Å². The molecule has 0 spiro atoms. The smallest absolute Gasteiger partial charge is 0.221 e. The van der Waals surface area contributed by atoms with Crippen LogP contribution in [0.2, 0.25) is 0 Å². The van der Waals surface area contributed by atoms with Crippen LogP contribution in [0.3, 0.4) is 0 Å². The minimum absolute atomic E-state index is 0.0212. The monoisotopic (exact) mass is 364 g/mol. The number of nitrogens with one attached hydrogen (secondary N) is 2. The molecule has 0 fully saturated rings. The van der Waals surface area contributed by atoms with Crippen molar-refractivity contribution >= 4 is 17.5 Å². The molecule has 0 aromatic heterocycles. The summed E-state index contributed by atoms with van der Waals surface area (Å²) >= 11 is 0. The number of hydrogen-bond donors (Lipinski definition) is 2. The van der Waals surface area contributed by atoms with E-state index in [2.05, 4.69) is 61.7 Å². The van der Waals surface area contributed by atoms with Crippen LogP contribution in [0.4, 0.5) is 5.69 Å². The van der Waals surface area contributed by atoms with Gasteiger partial charge in [-0.1, -0.05) is 51.1 Å². The third-order valence-corrected chi connectivity index (χ3v) is 5.59. The van der Waals surface area contributed by atoms with Crippen LogP contribution in [0.15, 0.2) is 42.5 Å². The molecular formula is C23H28N2O2. The Bertz CT molecular complexity index is 884. The summed E-state index contributed by atoms with van der Waals surface area (Å²) in [5, 5.41) is 5.72. The first kappa shape index (κ1) is 19.2. The van der Waals surface area contributed by atoms with Crippen molar-refractivity contribution in [3.05, 3.63) is 64.7 Å². The van der Waals surface area contributed by atoms with Crippen molar-refractivity contribution in [3.63, 3.8) is 0 Å². The molecule has 27 heavy (non-hydrogen) atoms. The Labute approximate surface area is 161 Å². The molecule has 2 amide bonds. The van der Waals surface area contributed by atoms with Gasteiger partial charge in [0.15, 0.2) is 0 Å². The molecule has 1 atom stereocenters. The van der Waals surface area contributed by atoms with E-state index in [1.54, 1.807) is 0 Å². The highest BCUT2D eigenvalue weighted by Gasteiger charge is 2.45. The van der Waals surface area contributed by atoms with Crippen LogP contribution >= 0.6 is 0 Å². The second kappa shape index (κ2) is 6.84. The van der Waals surface area contributed by atoms with Crippen molar-refractivity contribution in [1.82, 2.24) is 5.32 Å². The highest BCUT2D eigenvalue weighted by Crippen LogP contribution is 2.53. The number of rotatable bonds is 4. The molecule has 142 valence electrons. The molecule has 4 heteroatoms. The second-order valence-electron chi connectivity index (χ2n) is 8.44. The van der Waals surface area contributed by atoms with Gasteiger partial charge in [-0.2, -0.15) is 0 Å². The van der Waals surface area contributed by atoms with Crippen LogP contribution < -0.4 is 10.6 Å². The number of anilines is 1. The lowest BCUT2D eigenvalue weighted by Crippen LogP contribution is -2.24. The largest absolute Gasteiger partial charge is 0.352 e. The Morgan fingerprint density at radius 2 is 1.59 bits per heavy atom.